The number of hydrogen-bond acceptors (Lipinski definition) is 1. The Labute approximate surface area is 81.4 Å². The lowest BCUT2D eigenvalue weighted by Gasteiger charge is -2.00. The maximum Gasteiger partial charge on any atom is 0.0268 e. The molecule has 12 heavy (non-hydrogen) atoms. The maximum absolute atomic E-state index is 3.74. The van der Waals surface area contributed by atoms with Gasteiger partial charge in [0.05, 0.1) is 0 Å². The molecule has 2 nitrogen and oxygen atoms in total. The highest BCUT2D eigenvalue weighted by molar-refractivity contribution is 9.11. The number of hydrogen-bond donors (Lipinski definition) is 1. The minimum Gasteiger partial charge on any atom is -0.357 e. The number of rotatable bonds is 4. The van der Waals surface area contributed by atoms with Crippen molar-refractivity contribution >= 4 is 15.9 Å². The van der Waals surface area contributed by atoms with E-state index < -0.39 is 0 Å². The molecular formula is C9H13BrN2. The first-order valence-electron chi connectivity index (χ1n) is 3.83. The maximum atomic E-state index is 3.74. The van der Waals surface area contributed by atoms with E-state index in [1.807, 2.05) is 17.8 Å². The molecule has 0 radical (unpaired) electrons. The molecule has 0 fully saturated rings. The summed E-state index contributed by atoms with van der Waals surface area (Å²) in [5, 5.41) is 3.25. The van der Waals surface area contributed by atoms with Crippen molar-refractivity contribution < 1.29 is 0 Å². The van der Waals surface area contributed by atoms with Crippen molar-refractivity contribution in [3.05, 3.63) is 35.1 Å². The average molecular weight is 229 g/mol. The third-order valence-electron chi connectivity index (χ3n) is 1.54. The Morgan fingerprint density at radius 3 is 3.00 bits per heavy atom. The molecule has 66 valence electrons. The monoisotopic (exact) mass is 228 g/mol. The summed E-state index contributed by atoms with van der Waals surface area (Å²) in [4.78, 5) is 0. The van der Waals surface area contributed by atoms with Gasteiger partial charge in [-0.3, -0.25) is 0 Å². The largest absolute Gasteiger partial charge is 0.357 e. The van der Waals surface area contributed by atoms with Gasteiger partial charge in [-0.2, -0.15) is 0 Å². The molecule has 0 amide bonds. The molecule has 1 N–H and O–H groups in total. The van der Waals surface area contributed by atoms with Crippen molar-refractivity contribution in [2.75, 3.05) is 6.54 Å². The summed E-state index contributed by atoms with van der Waals surface area (Å²) < 4.78 is 3.03. The van der Waals surface area contributed by atoms with Gasteiger partial charge in [0.1, 0.15) is 0 Å². The molecule has 0 aliphatic heterocycles. The van der Waals surface area contributed by atoms with Crippen molar-refractivity contribution in [2.45, 2.75) is 6.54 Å². The van der Waals surface area contributed by atoms with Gasteiger partial charge in [-0.25, -0.2) is 0 Å². The summed E-state index contributed by atoms with van der Waals surface area (Å²) in [6.45, 7) is 5.45. The highest BCUT2D eigenvalue weighted by Crippen LogP contribution is 2.01. The fourth-order valence-electron chi connectivity index (χ4n) is 1.01. The lowest BCUT2D eigenvalue weighted by Crippen LogP contribution is -2.13. The van der Waals surface area contributed by atoms with Crippen LogP contribution in [-0.2, 0) is 13.6 Å². The fourth-order valence-corrected chi connectivity index (χ4v) is 1.21. The van der Waals surface area contributed by atoms with E-state index in [1.165, 1.54) is 5.56 Å². The van der Waals surface area contributed by atoms with Crippen LogP contribution in [0, 0.1) is 0 Å². The zero-order valence-electron chi connectivity index (χ0n) is 7.18. The summed E-state index contributed by atoms with van der Waals surface area (Å²) in [6, 6.07) is 2.10. The molecule has 1 heterocycles. The van der Waals surface area contributed by atoms with Crippen LogP contribution in [0.15, 0.2) is 29.5 Å². The molecule has 0 saturated heterocycles. The summed E-state index contributed by atoms with van der Waals surface area (Å²) in [5.74, 6) is 0. The van der Waals surface area contributed by atoms with Crippen LogP contribution >= 0.6 is 15.9 Å². The van der Waals surface area contributed by atoms with Gasteiger partial charge in [0.25, 0.3) is 0 Å². The average Bonchev–Trinajstić information content (AvgIpc) is 2.35. The molecule has 0 atom stereocenters. The third-order valence-corrected chi connectivity index (χ3v) is 1.82. The molecule has 1 aromatic rings. The normalized spacial score (nSPS) is 10.2. The summed E-state index contributed by atoms with van der Waals surface area (Å²) in [5.41, 5.74) is 1.30. The number of nitrogens with zero attached hydrogens (tertiary/aromatic N) is 1. The third kappa shape index (κ3) is 3.24. The second kappa shape index (κ2) is 4.48. The smallest absolute Gasteiger partial charge is 0.0268 e. The number of nitrogens with one attached hydrogen (secondary N) is 1. The van der Waals surface area contributed by atoms with Crippen LogP contribution in [0.25, 0.3) is 0 Å². The summed E-state index contributed by atoms with van der Waals surface area (Å²) >= 11 is 3.29. The second-order valence-corrected chi connectivity index (χ2v) is 3.93. The standard InChI is InChI=1S/C9H13BrN2/c1-8(10)5-11-6-9-3-4-12(2)7-9/h3-4,7,11H,1,5-6H2,2H3. The van der Waals surface area contributed by atoms with E-state index >= 15 is 0 Å². The Hall–Kier alpha value is -0.540. The van der Waals surface area contributed by atoms with E-state index in [-0.39, 0.29) is 0 Å². The quantitative estimate of drug-likeness (QED) is 0.835. The molecule has 0 bridgehead atoms. The number of aryl methyl sites for hydroxylation is 1. The molecule has 0 aliphatic rings. The van der Waals surface area contributed by atoms with Crippen LogP contribution < -0.4 is 5.32 Å². The molecule has 1 rings (SSSR count). The van der Waals surface area contributed by atoms with Crippen molar-refractivity contribution in [1.82, 2.24) is 9.88 Å². The Bertz CT molecular complexity index is 265. The van der Waals surface area contributed by atoms with Crippen LogP contribution in [0.3, 0.4) is 0 Å². The van der Waals surface area contributed by atoms with E-state index in [9.17, 15) is 0 Å². The number of halogens is 1. The zero-order valence-corrected chi connectivity index (χ0v) is 8.76. The van der Waals surface area contributed by atoms with E-state index in [1.54, 1.807) is 0 Å². The minimum absolute atomic E-state index is 0.814. The van der Waals surface area contributed by atoms with E-state index in [0.717, 1.165) is 17.6 Å². The van der Waals surface area contributed by atoms with E-state index in [0.29, 0.717) is 0 Å². The summed E-state index contributed by atoms with van der Waals surface area (Å²) in [6.07, 6.45) is 4.14. The first kappa shape index (κ1) is 9.55. The predicted octanol–water partition coefficient (Wildman–Crippen LogP) is 2.02. The first-order chi connectivity index (χ1) is 5.68. The molecule has 0 saturated carbocycles. The van der Waals surface area contributed by atoms with Crippen molar-refractivity contribution in [2.24, 2.45) is 7.05 Å². The van der Waals surface area contributed by atoms with Crippen LogP contribution in [0.1, 0.15) is 5.56 Å². The topological polar surface area (TPSA) is 17.0 Å². The fraction of sp³-hybridized carbons (Fsp3) is 0.333. The Morgan fingerprint density at radius 2 is 2.50 bits per heavy atom. The predicted molar refractivity (Wildman–Crippen MR) is 55.2 cm³/mol. The highest BCUT2D eigenvalue weighted by Gasteiger charge is 1.93. The van der Waals surface area contributed by atoms with Gasteiger partial charge in [0.15, 0.2) is 0 Å². The second-order valence-electron chi connectivity index (χ2n) is 2.81. The molecule has 0 unspecified atom stereocenters. The molecule has 3 heteroatoms. The molecule has 0 spiro atoms. The van der Waals surface area contributed by atoms with Crippen LogP contribution in [0.4, 0.5) is 0 Å². The van der Waals surface area contributed by atoms with Gasteiger partial charge in [0.2, 0.25) is 0 Å². The zero-order chi connectivity index (χ0) is 8.97. The minimum atomic E-state index is 0.814. The highest BCUT2D eigenvalue weighted by atomic mass is 79.9. The molecular weight excluding hydrogens is 216 g/mol. The lowest BCUT2D eigenvalue weighted by molar-refractivity contribution is 0.754. The van der Waals surface area contributed by atoms with Gasteiger partial charge >= 0.3 is 0 Å². The van der Waals surface area contributed by atoms with Crippen molar-refractivity contribution in [3.8, 4) is 0 Å². The lowest BCUT2D eigenvalue weighted by atomic mass is 10.3. The number of aromatic nitrogens is 1. The van der Waals surface area contributed by atoms with Crippen molar-refractivity contribution in [1.29, 1.82) is 0 Å². The van der Waals surface area contributed by atoms with Crippen molar-refractivity contribution in [3.63, 3.8) is 0 Å². The molecule has 1 aromatic heterocycles. The van der Waals surface area contributed by atoms with Crippen LogP contribution in [-0.4, -0.2) is 11.1 Å². The van der Waals surface area contributed by atoms with Gasteiger partial charge < -0.3 is 9.88 Å². The SMILES string of the molecule is C=C(Br)CNCc1ccn(C)c1. The Morgan fingerprint density at radius 1 is 1.75 bits per heavy atom. The Kier molecular flexibility index (Phi) is 3.56. The molecule has 0 aliphatic carbocycles. The summed E-state index contributed by atoms with van der Waals surface area (Å²) in [7, 11) is 2.02. The van der Waals surface area contributed by atoms with Gasteiger partial charge in [-0.1, -0.05) is 22.5 Å². The Balaban J connectivity index is 2.29. The van der Waals surface area contributed by atoms with Gasteiger partial charge in [-0.15, -0.1) is 0 Å². The van der Waals surface area contributed by atoms with Gasteiger partial charge in [0, 0.05) is 37.0 Å². The van der Waals surface area contributed by atoms with E-state index in [2.05, 4.69) is 40.1 Å². The van der Waals surface area contributed by atoms with Gasteiger partial charge in [-0.05, 0) is 11.6 Å². The van der Waals surface area contributed by atoms with E-state index in [4.69, 9.17) is 0 Å². The van der Waals surface area contributed by atoms with Crippen LogP contribution in [0.5, 0.6) is 0 Å². The first-order valence-corrected chi connectivity index (χ1v) is 4.62. The van der Waals surface area contributed by atoms with Crippen LogP contribution in [0.2, 0.25) is 0 Å². The molecule has 0 aromatic carbocycles.